The minimum atomic E-state index is -1.80. The summed E-state index contributed by atoms with van der Waals surface area (Å²) in [5, 5.41) is 0. The van der Waals surface area contributed by atoms with Gasteiger partial charge in [-0.25, -0.2) is 0 Å². The average Bonchev–Trinajstić information content (AvgIpc) is 2.73. The molecule has 0 spiro atoms. The summed E-state index contributed by atoms with van der Waals surface area (Å²) in [6.45, 7) is 2.86. The minimum Gasteiger partial charge on any atom is -0.427 e. The van der Waals surface area contributed by atoms with Gasteiger partial charge in [0.1, 0.15) is 5.75 Å². The maximum atomic E-state index is 9.76. The second-order valence-electron chi connectivity index (χ2n) is 8.13. The average molecular weight is 425 g/mol. The Morgan fingerprint density at radius 1 is 0.621 bits per heavy atom. The minimum absolute atomic E-state index is 0.577. The molecule has 1 N–H and O–H groups in total. The Hall–Kier alpha value is -0.630. The van der Waals surface area contributed by atoms with Gasteiger partial charge in [0, 0.05) is 0 Å². The fourth-order valence-corrected chi connectivity index (χ4v) is 4.21. The first-order chi connectivity index (χ1) is 14.3. The van der Waals surface area contributed by atoms with Crippen LogP contribution >= 0.6 is 8.60 Å². The van der Waals surface area contributed by atoms with E-state index in [9.17, 15) is 4.89 Å². The zero-order valence-corrected chi connectivity index (χ0v) is 19.7. The number of hydrogen-bond donors (Lipinski definition) is 1. The first kappa shape index (κ1) is 26.4. The van der Waals surface area contributed by atoms with Crippen molar-refractivity contribution >= 4 is 8.60 Å². The van der Waals surface area contributed by atoms with Crippen molar-refractivity contribution < 1.29 is 13.9 Å². The van der Waals surface area contributed by atoms with Crippen molar-refractivity contribution in [2.24, 2.45) is 0 Å². The van der Waals surface area contributed by atoms with Gasteiger partial charge >= 0.3 is 8.60 Å². The largest absolute Gasteiger partial charge is 0.427 e. The fourth-order valence-electron chi connectivity index (χ4n) is 3.57. The van der Waals surface area contributed by atoms with E-state index in [1.807, 2.05) is 30.3 Å². The quantitative estimate of drug-likeness (QED) is 0.158. The highest BCUT2D eigenvalue weighted by atomic mass is 31.2. The molecule has 0 bridgehead atoms. The van der Waals surface area contributed by atoms with Crippen LogP contribution in [0.25, 0.3) is 0 Å². The van der Waals surface area contributed by atoms with Crippen LogP contribution in [0.15, 0.2) is 30.3 Å². The van der Waals surface area contributed by atoms with Gasteiger partial charge in [-0.1, -0.05) is 128 Å². The molecule has 168 valence electrons. The molecule has 0 radical (unpaired) electrons. The molecule has 1 aromatic rings. The van der Waals surface area contributed by atoms with Gasteiger partial charge in [0.05, 0.1) is 6.61 Å². The summed E-state index contributed by atoms with van der Waals surface area (Å²) in [6.07, 6.45) is 23.2. The molecule has 0 saturated heterocycles. The van der Waals surface area contributed by atoms with Crippen LogP contribution in [-0.2, 0) is 4.52 Å². The van der Waals surface area contributed by atoms with Crippen LogP contribution < -0.4 is 4.52 Å². The van der Waals surface area contributed by atoms with Crippen LogP contribution in [0.4, 0.5) is 0 Å². The number of hydrogen-bond acceptors (Lipinski definition) is 3. The van der Waals surface area contributed by atoms with Gasteiger partial charge in [-0.15, -0.1) is 0 Å². The van der Waals surface area contributed by atoms with Crippen LogP contribution in [-0.4, -0.2) is 11.5 Å². The SMILES string of the molecule is CCCCCCCCCCCCCCCCCCCOP(O)Oc1ccccc1. The molecule has 0 saturated carbocycles. The van der Waals surface area contributed by atoms with Crippen molar-refractivity contribution in [1.29, 1.82) is 0 Å². The van der Waals surface area contributed by atoms with E-state index in [-0.39, 0.29) is 0 Å². The lowest BCUT2D eigenvalue weighted by atomic mass is 10.0. The lowest BCUT2D eigenvalue weighted by molar-refractivity contribution is 0.253. The van der Waals surface area contributed by atoms with E-state index in [2.05, 4.69) is 6.92 Å². The van der Waals surface area contributed by atoms with Gasteiger partial charge in [0.2, 0.25) is 0 Å². The van der Waals surface area contributed by atoms with Crippen LogP contribution in [0.3, 0.4) is 0 Å². The number of para-hydroxylation sites is 1. The Labute approximate surface area is 181 Å². The van der Waals surface area contributed by atoms with Gasteiger partial charge in [-0.2, -0.15) is 0 Å². The molecule has 1 atom stereocenters. The van der Waals surface area contributed by atoms with E-state index in [0.717, 1.165) is 6.42 Å². The molecule has 1 aromatic carbocycles. The van der Waals surface area contributed by atoms with Crippen molar-refractivity contribution in [3.63, 3.8) is 0 Å². The third kappa shape index (κ3) is 17.9. The second-order valence-corrected chi connectivity index (χ2v) is 9.05. The molecule has 3 nitrogen and oxygen atoms in total. The second kappa shape index (κ2) is 20.6. The Bertz CT molecular complexity index is 441. The summed E-state index contributed by atoms with van der Waals surface area (Å²) < 4.78 is 10.7. The molecular weight excluding hydrogens is 379 g/mol. The first-order valence-electron chi connectivity index (χ1n) is 12.2. The Balaban J connectivity index is 1.73. The van der Waals surface area contributed by atoms with Gasteiger partial charge in [-0.05, 0) is 18.6 Å². The zero-order chi connectivity index (χ0) is 20.8. The molecule has 0 aliphatic carbocycles. The molecule has 0 amide bonds. The predicted molar refractivity (Wildman–Crippen MR) is 126 cm³/mol. The van der Waals surface area contributed by atoms with Crippen molar-refractivity contribution in [2.75, 3.05) is 6.61 Å². The van der Waals surface area contributed by atoms with Gasteiger partial charge in [0.15, 0.2) is 0 Å². The molecule has 29 heavy (non-hydrogen) atoms. The van der Waals surface area contributed by atoms with E-state index in [1.165, 1.54) is 103 Å². The Kier molecular flexibility index (Phi) is 18.8. The number of rotatable bonds is 21. The number of unbranched alkanes of at least 4 members (excludes halogenated alkanes) is 16. The Morgan fingerprint density at radius 2 is 1.03 bits per heavy atom. The molecule has 0 aliphatic heterocycles. The summed E-state index contributed by atoms with van der Waals surface area (Å²) >= 11 is 0. The van der Waals surface area contributed by atoms with Crippen molar-refractivity contribution in [3.05, 3.63) is 30.3 Å². The smallest absolute Gasteiger partial charge is 0.394 e. The van der Waals surface area contributed by atoms with E-state index in [0.29, 0.717) is 12.4 Å². The third-order valence-corrected chi connectivity index (χ3v) is 6.15. The Morgan fingerprint density at radius 3 is 1.48 bits per heavy atom. The topological polar surface area (TPSA) is 38.7 Å². The van der Waals surface area contributed by atoms with Crippen LogP contribution in [0.1, 0.15) is 116 Å². The van der Waals surface area contributed by atoms with Gasteiger partial charge < -0.3 is 13.9 Å². The van der Waals surface area contributed by atoms with Crippen molar-refractivity contribution in [1.82, 2.24) is 0 Å². The predicted octanol–water partition coefficient (Wildman–Crippen LogP) is 8.95. The van der Waals surface area contributed by atoms with Crippen LogP contribution in [0, 0.1) is 0 Å². The highest BCUT2D eigenvalue weighted by Crippen LogP contribution is 2.34. The summed E-state index contributed by atoms with van der Waals surface area (Å²) in [4.78, 5) is 9.76. The molecule has 0 heterocycles. The highest BCUT2D eigenvalue weighted by Gasteiger charge is 2.08. The van der Waals surface area contributed by atoms with Crippen LogP contribution in [0.2, 0.25) is 0 Å². The molecule has 0 aromatic heterocycles. The molecule has 4 heteroatoms. The van der Waals surface area contributed by atoms with E-state index < -0.39 is 8.60 Å². The standard InChI is InChI=1S/C25H45O3P/c1-2-3-4-5-6-7-8-9-10-11-12-13-14-15-16-17-21-24-27-29(26)28-25-22-19-18-20-23-25/h18-20,22-23,26H,2-17,21,24H2,1H3. The normalized spacial score (nSPS) is 12.2. The molecule has 1 rings (SSSR count). The maximum absolute atomic E-state index is 9.76. The first-order valence-corrected chi connectivity index (χ1v) is 13.3. The summed E-state index contributed by atoms with van der Waals surface area (Å²) in [5.74, 6) is 0.656. The highest BCUT2D eigenvalue weighted by molar-refractivity contribution is 7.41. The van der Waals surface area contributed by atoms with E-state index >= 15 is 0 Å². The maximum Gasteiger partial charge on any atom is 0.394 e. The van der Waals surface area contributed by atoms with Gasteiger partial charge in [0.25, 0.3) is 0 Å². The van der Waals surface area contributed by atoms with Crippen LogP contribution in [0.5, 0.6) is 5.75 Å². The van der Waals surface area contributed by atoms with E-state index in [4.69, 9.17) is 9.05 Å². The summed E-state index contributed by atoms with van der Waals surface area (Å²) in [7, 11) is -1.80. The lowest BCUT2D eigenvalue weighted by Gasteiger charge is -2.11. The summed E-state index contributed by atoms with van der Waals surface area (Å²) in [6, 6.07) is 9.34. The monoisotopic (exact) mass is 424 g/mol. The molecule has 0 aliphatic rings. The van der Waals surface area contributed by atoms with Crippen molar-refractivity contribution in [3.8, 4) is 5.75 Å². The molecule has 1 unspecified atom stereocenters. The molecule has 0 fully saturated rings. The van der Waals surface area contributed by atoms with Gasteiger partial charge in [-0.3, -0.25) is 0 Å². The summed E-state index contributed by atoms with van der Waals surface area (Å²) in [5.41, 5.74) is 0. The zero-order valence-electron chi connectivity index (χ0n) is 18.8. The third-order valence-electron chi connectivity index (χ3n) is 5.38. The lowest BCUT2D eigenvalue weighted by Crippen LogP contribution is -1.95. The fraction of sp³-hybridized carbons (Fsp3) is 0.760. The van der Waals surface area contributed by atoms with E-state index in [1.54, 1.807) is 0 Å². The number of benzene rings is 1. The molecular formula is C25H45O3P. The van der Waals surface area contributed by atoms with Crippen molar-refractivity contribution in [2.45, 2.75) is 116 Å².